The Kier molecular flexibility index (Phi) is 4.68. The van der Waals surface area contributed by atoms with E-state index in [4.69, 9.17) is 9.84 Å². The van der Waals surface area contributed by atoms with E-state index in [1.165, 1.54) is 16.9 Å². The summed E-state index contributed by atoms with van der Waals surface area (Å²) in [7, 11) is 0. The van der Waals surface area contributed by atoms with Crippen LogP contribution in [0.3, 0.4) is 0 Å². The molecule has 0 aliphatic heterocycles. The number of carboxylic acid groups (broad SMARTS) is 1. The lowest BCUT2D eigenvalue weighted by molar-refractivity contribution is 0.0691. The molecular weight excluding hydrogens is 310 g/mol. The van der Waals surface area contributed by atoms with Gasteiger partial charge in [0.15, 0.2) is 5.69 Å². The first-order valence-corrected chi connectivity index (χ1v) is 8.07. The molecule has 0 spiro atoms. The number of para-hydroxylation sites is 1. The maximum Gasteiger partial charge on any atom is 0.355 e. The van der Waals surface area contributed by atoms with E-state index in [1.807, 2.05) is 42.5 Å². The van der Waals surface area contributed by atoms with Gasteiger partial charge in [-0.1, -0.05) is 42.5 Å². The Morgan fingerprint density at radius 2 is 1.83 bits per heavy atom. The van der Waals surface area contributed by atoms with Gasteiger partial charge in [0.2, 0.25) is 0 Å². The van der Waals surface area contributed by atoms with Gasteiger partial charge in [0.25, 0.3) is 0 Å². The highest BCUT2D eigenvalue weighted by Gasteiger charge is 2.13. The molecule has 116 valence electrons. The number of thiazole rings is 1. The van der Waals surface area contributed by atoms with Gasteiger partial charge in [-0.05, 0) is 17.7 Å². The number of nitrogens with zero attached hydrogens (tertiary/aromatic N) is 1. The summed E-state index contributed by atoms with van der Waals surface area (Å²) in [6.45, 7) is 0.554. The van der Waals surface area contributed by atoms with E-state index >= 15 is 0 Å². The second-order valence-corrected chi connectivity index (χ2v) is 5.78. The number of hydrogen-bond donors (Lipinski definition) is 1. The summed E-state index contributed by atoms with van der Waals surface area (Å²) in [6, 6.07) is 17.7. The predicted octanol–water partition coefficient (Wildman–Crippen LogP) is 4.13. The van der Waals surface area contributed by atoms with Crippen LogP contribution >= 0.6 is 11.3 Å². The highest BCUT2D eigenvalue weighted by molar-refractivity contribution is 7.13. The van der Waals surface area contributed by atoms with E-state index in [1.54, 1.807) is 5.38 Å². The van der Waals surface area contributed by atoms with Gasteiger partial charge >= 0.3 is 5.97 Å². The molecule has 0 aliphatic rings. The van der Waals surface area contributed by atoms with Gasteiger partial charge in [0.05, 0.1) is 12.2 Å². The maximum absolute atomic E-state index is 11.0. The molecule has 0 amide bonds. The molecule has 0 radical (unpaired) electrons. The lowest BCUT2D eigenvalue weighted by Gasteiger charge is -2.10. The van der Waals surface area contributed by atoms with E-state index in [9.17, 15) is 4.79 Å². The maximum atomic E-state index is 11.0. The largest absolute Gasteiger partial charge is 0.493 e. The highest BCUT2D eigenvalue weighted by Crippen LogP contribution is 2.32. The van der Waals surface area contributed by atoms with Crippen LogP contribution in [-0.4, -0.2) is 22.7 Å². The number of aromatic carboxylic acids is 1. The van der Waals surface area contributed by atoms with Crippen LogP contribution in [0.2, 0.25) is 0 Å². The fraction of sp³-hybridized carbons (Fsp3) is 0.111. The fourth-order valence-electron chi connectivity index (χ4n) is 2.19. The van der Waals surface area contributed by atoms with Crippen LogP contribution < -0.4 is 4.74 Å². The van der Waals surface area contributed by atoms with E-state index in [0.717, 1.165) is 17.7 Å². The number of carbonyl (C=O) groups is 1. The molecular formula is C18H15NO3S. The van der Waals surface area contributed by atoms with Gasteiger partial charge in [-0.2, -0.15) is 0 Å². The lowest BCUT2D eigenvalue weighted by atomic mass is 10.1. The molecule has 0 saturated carbocycles. The molecule has 0 atom stereocenters. The van der Waals surface area contributed by atoms with Gasteiger partial charge in [0.1, 0.15) is 10.8 Å². The Bertz CT molecular complexity index is 799. The SMILES string of the molecule is O=C(O)c1csc(-c2ccccc2OCCc2ccccc2)n1. The van der Waals surface area contributed by atoms with Gasteiger partial charge in [0, 0.05) is 11.8 Å². The number of benzene rings is 2. The molecule has 0 fully saturated rings. The third-order valence-corrected chi connectivity index (χ3v) is 4.21. The van der Waals surface area contributed by atoms with Gasteiger partial charge in [-0.25, -0.2) is 9.78 Å². The first kappa shape index (κ1) is 15.2. The number of aromatic nitrogens is 1. The molecule has 4 nitrogen and oxygen atoms in total. The normalized spacial score (nSPS) is 10.4. The third kappa shape index (κ3) is 3.76. The summed E-state index contributed by atoms with van der Waals surface area (Å²) >= 11 is 1.30. The smallest absolute Gasteiger partial charge is 0.355 e. The Morgan fingerprint density at radius 1 is 1.09 bits per heavy atom. The second kappa shape index (κ2) is 7.07. The van der Waals surface area contributed by atoms with Crippen LogP contribution in [0.1, 0.15) is 16.1 Å². The van der Waals surface area contributed by atoms with Crippen LogP contribution in [0.25, 0.3) is 10.6 Å². The minimum Gasteiger partial charge on any atom is -0.493 e. The van der Waals surface area contributed by atoms with Crippen molar-refractivity contribution in [3.05, 3.63) is 71.2 Å². The van der Waals surface area contributed by atoms with Crippen LogP contribution in [0.15, 0.2) is 60.0 Å². The minimum absolute atomic E-state index is 0.0593. The zero-order valence-corrected chi connectivity index (χ0v) is 13.1. The first-order chi connectivity index (χ1) is 11.2. The highest BCUT2D eigenvalue weighted by atomic mass is 32.1. The van der Waals surface area contributed by atoms with Gasteiger partial charge in [-0.3, -0.25) is 0 Å². The molecule has 1 aromatic heterocycles. The van der Waals surface area contributed by atoms with Crippen molar-refractivity contribution in [1.82, 2.24) is 4.98 Å². The quantitative estimate of drug-likeness (QED) is 0.740. The molecule has 0 bridgehead atoms. The Balaban J connectivity index is 1.74. The Labute approximate surface area is 138 Å². The van der Waals surface area contributed by atoms with Crippen molar-refractivity contribution in [2.45, 2.75) is 6.42 Å². The number of hydrogen-bond acceptors (Lipinski definition) is 4. The fourth-order valence-corrected chi connectivity index (χ4v) is 3.01. The average molecular weight is 325 g/mol. The molecule has 23 heavy (non-hydrogen) atoms. The second-order valence-electron chi connectivity index (χ2n) is 4.92. The lowest BCUT2D eigenvalue weighted by Crippen LogP contribution is -2.02. The van der Waals surface area contributed by atoms with Gasteiger partial charge < -0.3 is 9.84 Å². The van der Waals surface area contributed by atoms with Crippen LogP contribution in [0.5, 0.6) is 5.75 Å². The summed E-state index contributed by atoms with van der Waals surface area (Å²) < 4.78 is 5.88. The van der Waals surface area contributed by atoms with E-state index in [0.29, 0.717) is 11.6 Å². The van der Waals surface area contributed by atoms with Crippen LogP contribution in [0.4, 0.5) is 0 Å². The summed E-state index contributed by atoms with van der Waals surface area (Å²) in [4.78, 5) is 15.1. The monoisotopic (exact) mass is 325 g/mol. The molecule has 0 unspecified atom stereocenters. The van der Waals surface area contributed by atoms with Crippen LogP contribution in [-0.2, 0) is 6.42 Å². The molecule has 3 aromatic rings. The number of ether oxygens (including phenoxy) is 1. The standard InChI is InChI=1S/C18H15NO3S/c20-18(21)15-12-23-17(19-15)14-8-4-5-9-16(14)22-11-10-13-6-2-1-3-7-13/h1-9,12H,10-11H2,(H,20,21). The van der Waals surface area contributed by atoms with Gasteiger partial charge in [-0.15, -0.1) is 11.3 Å². The predicted molar refractivity (Wildman–Crippen MR) is 90.2 cm³/mol. The molecule has 0 aliphatic carbocycles. The number of carboxylic acids is 1. The summed E-state index contributed by atoms with van der Waals surface area (Å²) in [5.41, 5.74) is 2.09. The van der Waals surface area contributed by atoms with Crippen molar-refractivity contribution in [3.63, 3.8) is 0 Å². The molecule has 1 N–H and O–H groups in total. The summed E-state index contributed by atoms with van der Waals surface area (Å²) in [5, 5.41) is 11.2. The number of rotatable bonds is 6. The Morgan fingerprint density at radius 3 is 2.57 bits per heavy atom. The molecule has 3 rings (SSSR count). The molecule has 0 saturated heterocycles. The zero-order valence-electron chi connectivity index (χ0n) is 12.3. The van der Waals surface area contributed by atoms with E-state index < -0.39 is 5.97 Å². The Hall–Kier alpha value is -2.66. The van der Waals surface area contributed by atoms with Crippen molar-refractivity contribution in [2.24, 2.45) is 0 Å². The topological polar surface area (TPSA) is 59.4 Å². The molecule has 5 heteroatoms. The van der Waals surface area contributed by atoms with E-state index in [2.05, 4.69) is 17.1 Å². The van der Waals surface area contributed by atoms with Crippen molar-refractivity contribution in [2.75, 3.05) is 6.61 Å². The van der Waals surface area contributed by atoms with Crippen molar-refractivity contribution in [1.29, 1.82) is 0 Å². The van der Waals surface area contributed by atoms with E-state index in [-0.39, 0.29) is 5.69 Å². The first-order valence-electron chi connectivity index (χ1n) is 7.19. The zero-order chi connectivity index (χ0) is 16.1. The van der Waals surface area contributed by atoms with Crippen molar-refractivity contribution < 1.29 is 14.6 Å². The van der Waals surface area contributed by atoms with Crippen molar-refractivity contribution >= 4 is 17.3 Å². The summed E-state index contributed by atoms with van der Waals surface area (Å²) in [6.07, 6.45) is 0.813. The molecule has 2 aromatic carbocycles. The van der Waals surface area contributed by atoms with Crippen molar-refractivity contribution in [3.8, 4) is 16.3 Å². The summed E-state index contributed by atoms with van der Waals surface area (Å²) in [5.74, 6) is -0.301. The molecule has 1 heterocycles. The minimum atomic E-state index is -1.02. The average Bonchev–Trinajstić information content (AvgIpc) is 3.06. The third-order valence-electron chi connectivity index (χ3n) is 3.33. The van der Waals surface area contributed by atoms with Crippen LogP contribution in [0, 0.1) is 0 Å².